The van der Waals surface area contributed by atoms with Crippen LogP contribution in [0.1, 0.15) is 54.8 Å². The molecular formula is C24H24ClN5O2. The molecule has 0 spiro atoms. The summed E-state index contributed by atoms with van der Waals surface area (Å²) in [5, 5.41) is 10.3. The first kappa shape index (κ1) is 20.7. The third-order valence-electron chi connectivity index (χ3n) is 6.03. The van der Waals surface area contributed by atoms with Crippen molar-refractivity contribution in [2.24, 2.45) is 0 Å². The predicted molar refractivity (Wildman–Crippen MR) is 123 cm³/mol. The number of carbonyl (C=O) groups excluding carboxylic acids is 1. The Bertz CT molecular complexity index is 1270. The van der Waals surface area contributed by atoms with Crippen LogP contribution in [0.3, 0.4) is 0 Å². The molecule has 0 N–H and O–H groups in total. The SMILES string of the molecule is CC(C)n1ncc2ccc(-c3nc(C4CCN(C(=O)c5ccccc5Cl)CC4)no3)cc21. The number of halogens is 1. The molecule has 3 heterocycles. The van der Waals surface area contributed by atoms with E-state index in [1.165, 1.54) is 0 Å². The van der Waals surface area contributed by atoms with Crippen molar-refractivity contribution < 1.29 is 9.32 Å². The molecule has 4 aromatic rings. The molecule has 164 valence electrons. The van der Waals surface area contributed by atoms with Gasteiger partial charge in [-0.1, -0.05) is 35.0 Å². The first-order chi connectivity index (χ1) is 15.5. The van der Waals surface area contributed by atoms with Crippen molar-refractivity contribution in [3.05, 3.63) is 65.1 Å². The van der Waals surface area contributed by atoms with Crippen LogP contribution >= 0.6 is 11.6 Å². The fraction of sp³-hybridized carbons (Fsp3) is 0.333. The Hall–Kier alpha value is -3.19. The maximum Gasteiger partial charge on any atom is 0.258 e. The van der Waals surface area contributed by atoms with Crippen molar-refractivity contribution in [2.45, 2.75) is 38.6 Å². The highest BCUT2D eigenvalue weighted by atomic mass is 35.5. The molecule has 2 aromatic carbocycles. The number of rotatable bonds is 4. The van der Waals surface area contributed by atoms with Gasteiger partial charge in [0, 0.05) is 36.0 Å². The molecule has 2 aromatic heterocycles. The lowest BCUT2D eigenvalue weighted by molar-refractivity contribution is 0.0711. The lowest BCUT2D eigenvalue weighted by Crippen LogP contribution is -2.38. The van der Waals surface area contributed by atoms with E-state index in [-0.39, 0.29) is 17.9 Å². The molecule has 32 heavy (non-hydrogen) atoms. The zero-order chi connectivity index (χ0) is 22.2. The molecule has 8 heteroatoms. The van der Waals surface area contributed by atoms with Gasteiger partial charge in [-0.2, -0.15) is 10.1 Å². The van der Waals surface area contributed by atoms with E-state index in [9.17, 15) is 4.79 Å². The Morgan fingerprint density at radius 2 is 1.94 bits per heavy atom. The summed E-state index contributed by atoms with van der Waals surface area (Å²) in [5.41, 5.74) is 2.47. The maximum absolute atomic E-state index is 12.8. The van der Waals surface area contributed by atoms with E-state index in [1.807, 2.05) is 46.1 Å². The van der Waals surface area contributed by atoms with Gasteiger partial charge in [0.15, 0.2) is 5.82 Å². The van der Waals surface area contributed by atoms with Gasteiger partial charge < -0.3 is 9.42 Å². The number of aromatic nitrogens is 4. The number of carbonyl (C=O) groups is 1. The van der Waals surface area contributed by atoms with E-state index in [4.69, 9.17) is 16.1 Å². The fourth-order valence-corrected chi connectivity index (χ4v) is 4.46. The molecular weight excluding hydrogens is 426 g/mol. The highest BCUT2D eigenvalue weighted by Gasteiger charge is 2.28. The summed E-state index contributed by atoms with van der Waals surface area (Å²) in [6, 6.07) is 13.5. The average molecular weight is 450 g/mol. The van der Waals surface area contributed by atoms with E-state index in [2.05, 4.69) is 29.1 Å². The van der Waals surface area contributed by atoms with E-state index in [0.29, 0.717) is 35.4 Å². The van der Waals surface area contributed by atoms with Crippen LogP contribution in [-0.2, 0) is 0 Å². The molecule has 5 rings (SSSR count). The summed E-state index contributed by atoms with van der Waals surface area (Å²) in [6.07, 6.45) is 3.44. The van der Waals surface area contributed by atoms with Gasteiger partial charge in [-0.25, -0.2) is 0 Å². The Morgan fingerprint density at radius 1 is 1.16 bits per heavy atom. The molecule has 0 atom stereocenters. The Balaban J connectivity index is 1.30. The summed E-state index contributed by atoms with van der Waals surface area (Å²) in [6.45, 7) is 5.48. The number of piperidine rings is 1. The number of nitrogens with zero attached hydrogens (tertiary/aromatic N) is 5. The number of fused-ring (bicyclic) bond motifs is 1. The van der Waals surface area contributed by atoms with Crippen molar-refractivity contribution in [3.63, 3.8) is 0 Å². The molecule has 0 radical (unpaired) electrons. The van der Waals surface area contributed by atoms with Gasteiger partial charge in [-0.15, -0.1) is 0 Å². The highest BCUT2D eigenvalue weighted by Crippen LogP contribution is 2.30. The van der Waals surface area contributed by atoms with E-state index >= 15 is 0 Å². The number of hydrogen-bond acceptors (Lipinski definition) is 5. The molecule has 0 bridgehead atoms. The normalized spacial score (nSPS) is 15.1. The van der Waals surface area contributed by atoms with Crippen LogP contribution in [0.15, 0.2) is 53.2 Å². The number of likely N-dealkylation sites (tertiary alicyclic amines) is 1. The lowest BCUT2D eigenvalue weighted by atomic mass is 9.95. The van der Waals surface area contributed by atoms with E-state index in [1.54, 1.807) is 12.1 Å². The summed E-state index contributed by atoms with van der Waals surface area (Å²) < 4.78 is 7.59. The van der Waals surface area contributed by atoms with Crippen LogP contribution in [-0.4, -0.2) is 43.8 Å². The van der Waals surface area contributed by atoms with E-state index < -0.39 is 0 Å². The first-order valence-corrected chi connectivity index (χ1v) is 11.2. The number of benzene rings is 2. The fourth-order valence-electron chi connectivity index (χ4n) is 4.25. The third kappa shape index (κ3) is 3.77. The molecule has 7 nitrogen and oxygen atoms in total. The van der Waals surface area contributed by atoms with Crippen LogP contribution in [0.4, 0.5) is 0 Å². The zero-order valence-corrected chi connectivity index (χ0v) is 18.8. The van der Waals surface area contributed by atoms with Gasteiger partial charge in [-0.05, 0) is 51.0 Å². The van der Waals surface area contributed by atoms with Crippen molar-refractivity contribution in [2.75, 3.05) is 13.1 Å². The largest absolute Gasteiger partial charge is 0.339 e. The molecule has 1 fully saturated rings. The smallest absolute Gasteiger partial charge is 0.258 e. The van der Waals surface area contributed by atoms with Gasteiger partial charge >= 0.3 is 0 Å². The van der Waals surface area contributed by atoms with E-state index in [0.717, 1.165) is 29.3 Å². The molecule has 1 aliphatic rings. The predicted octanol–water partition coefficient (Wildman–Crippen LogP) is 5.34. The zero-order valence-electron chi connectivity index (χ0n) is 18.0. The van der Waals surface area contributed by atoms with Gasteiger partial charge in [-0.3, -0.25) is 9.48 Å². The second kappa shape index (κ2) is 8.39. The topological polar surface area (TPSA) is 77.1 Å². The second-order valence-corrected chi connectivity index (χ2v) is 8.87. The van der Waals surface area contributed by atoms with Crippen LogP contribution in [0.5, 0.6) is 0 Å². The standard InChI is InChI=1S/C24H24ClN5O2/c1-15(2)30-21-13-17(7-8-18(21)14-26-30)23-27-22(28-32-23)16-9-11-29(12-10-16)24(31)19-5-3-4-6-20(19)25/h3-8,13-16H,9-12H2,1-2H3. The quantitative estimate of drug-likeness (QED) is 0.420. The van der Waals surface area contributed by atoms with Crippen molar-refractivity contribution in [1.82, 2.24) is 24.8 Å². The Kier molecular flexibility index (Phi) is 5.43. The van der Waals surface area contributed by atoms with Crippen molar-refractivity contribution >= 4 is 28.4 Å². The lowest BCUT2D eigenvalue weighted by Gasteiger charge is -2.30. The minimum absolute atomic E-state index is 0.0297. The molecule has 0 saturated carbocycles. The van der Waals surface area contributed by atoms with Gasteiger partial charge in [0.2, 0.25) is 0 Å². The highest BCUT2D eigenvalue weighted by molar-refractivity contribution is 6.33. The summed E-state index contributed by atoms with van der Waals surface area (Å²) in [7, 11) is 0. The van der Waals surface area contributed by atoms with Crippen LogP contribution < -0.4 is 0 Å². The molecule has 1 amide bonds. The van der Waals surface area contributed by atoms with Crippen molar-refractivity contribution in [1.29, 1.82) is 0 Å². The summed E-state index contributed by atoms with van der Waals surface area (Å²) >= 11 is 6.19. The Morgan fingerprint density at radius 3 is 2.69 bits per heavy atom. The molecule has 1 saturated heterocycles. The van der Waals surface area contributed by atoms with Gasteiger partial charge in [0.1, 0.15) is 0 Å². The summed E-state index contributed by atoms with van der Waals surface area (Å²) in [5.74, 6) is 1.33. The second-order valence-electron chi connectivity index (χ2n) is 8.46. The Labute approximate surface area is 191 Å². The molecule has 0 aliphatic carbocycles. The minimum Gasteiger partial charge on any atom is -0.339 e. The van der Waals surface area contributed by atoms with Gasteiger partial charge in [0.05, 0.1) is 22.3 Å². The molecule has 0 unspecified atom stereocenters. The number of hydrogen-bond donors (Lipinski definition) is 0. The van der Waals surface area contributed by atoms with Crippen LogP contribution in [0.25, 0.3) is 22.4 Å². The maximum atomic E-state index is 12.8. The number of amides is 1. The monoisotopic (exact) mass is 449 g/mol. The van der Waals surface area contributed by atoms with Gasteiger partial charge in [0.25, 0.3) is 11.8 Å². The minimum atomic E-state index is -0.0297. The average Bonchev–Trinajstić information content (AvgIpc) is 3.46. The molecule has 1 aliphatic heterocycles. The third-order valence-corrected chi connectivity index (χ3v) is 6.36. The van der Waals surface area contributed by atoms with Crippen LogP contribution in [0, 0.1) is 0 Å². The van der Waals surface area contributed by atoms with Crippen molar-refractivity contribution in [3.8, 4) is 11.5 Å². The summed E-state index contributed by atoms with van der Waals surface area (Å²) in [4.78, 5) is 19.3. The van der Waals surface area contributed by atoms with Crippen LogP contribution in [0.2, 0.25) is 5.02 Å². The first-order valence-electron chi connectivity index (χ1n) is 10.9.